The molecule has 2 aromatic carbocycles. The fourth-order valence-electron chi connectivity index (χ4n) is 2.93. The molecular formula is C24H26ClN5O2S. The lowest BCUT2D eigenvalue weighted by molar-refractivity contribution is -0.115. The van der Waals surface area contributed by atoms with Crippen molar-refractivity contribution in [1.29, 1.82) is 5.26 Å². The fraction of sp³-hybridized carbons (Fsp3) is 0.333. The van der Waals surface area contributed by atoms with Gasteiger partial charge in [-0.2, -0.15) is 5.26 Å². The number of hydrogen-bond donors (Lipinski definition) is 1. The van der Waals surface area contributed by atoms with E-state index in [0.29, 0.717) is 39.8 Å². The Hall–Kier alpha value is -3.02. The minimum atomic E-state index is -0.427. The maximum Gasteiger partial charge on any atom is 0.237 e. The minimum absolute atomic E-state index is 0.193. The quantitative estimate of drug-likeness (QED) is 0.380. The van der Waals surface area contributed by atoms with E-state index in [0.717, 1.165) is 18.7 Å². The number of carbonyl (C=O) groups excluding carboxylic acids is 1. The first-order chi connectivity index (χ1) is 15.9. The number of ether oxygens (including phenoxy) is 1. The van der Waals surface area contributed by atoms with Crippen LogP contribution < -0.4 is 10.1 Å². The third-order valence-corrected chi connectivity index (χ3v) is 6.24. The smallest absolute Gasteiger partial charge is 0.237 e. The number of nitriles is 1. The van der Waals surface area contributed by atoms with Gasteiger partial charge in [0.25, 0.3) is 0 Å². The number of carbonyl (C=O) groups is 1. The molecule has 9 heteroatoms. The number of hydrogen-bond acceptors (Lipinski definition) is 6. The molecule has 0 saturated carbocycles. The molecule has 3 aromatic rings. The zero-order valence-electron chi connectivity index (χ0n) is 18.8. The summed E-state index contributed by atoms with van der Waals surface area (Å²) >= 11 is 7.41. The van der Waals surface area contributed by atoms with Crippen LogP contribution >= 0.6 is 23.4 Å². The maximum absolute atomic E-state index is 12.8. The highest BCUT2D eigenvalue weighted by Crippen LogP contribution is 2.26. The minimum Gasteiger partial charge on any atom is -0.486 e. The van der Waals surface area contributed by atoms with E-state index in [1.807, 2.05) is 47.9 Å². The lowest BCUT2D eigenvalue weighted by Gasteiger charge is -2.15. The molecule has 33 heavy (non-hydrogen) atoms. The number of thioether (sulfide) groups is 1. The van der Waals surface area contributed by atoms with Crippen LogP contribution in [0.25, 0.3) is 0 Å². The topological polar surface area (TPSA) is 92.8 Å². The molecule has 0 bridgehead atoms. The standard InChI is InChI=1S/C24H26ClN5O2S/c1-16(2)11-12-30-22(15-32-20-7-5-4-6-8-20)28-29-24(30)33-17(3)23(31)27-19-10-9-18(14-26)21(25)13-19/h4-10,13,16-17H,11-12,15H2,1-3H3,(H,27,31). The summed E-state index contributed by atoms with van der Waals surface area (Å²) in [6, 6.07) is 16.4. The van der Waals surface area contributed by atoms with Gasteiger partial charge in [-0.25, -0.2) is 0 Å². The van der Waals surface area contributed by atoms with Crippen molar-refractivity contribution in [3.05, 3.63) is 64.9 Å². The van der Waals surface area contributed by atoms with E-state index in [1.165, 1.54) is 11.8 Å². The Bertz CT molecular complexity index is 1130. The number of rotatable bonds is 10. The SMILES string of the molecule is CC(C)CCn1c(COc2ccccc2)nnc1SC(C)C(=O)Nc1ccc(C#N)c(Cl)c1. The summed E-state index contributed by atoms with van der Waals surface area (Å²) in [7, 11) is 0. The van der Waals surface area contributed by atoms with Crippen LogP contribution in [0.4, 0.5) is 5.69 Å². The fourth-order valence-corrected chi connectivity index (χ4v) is 4.05. The largest absolute Gasteiger partial charge is 0.486 e. The highest BCUT2D eigenvalue weighted by molar-refractivity contribution is 8.00. The number of halogens is 1. The van der Waals surface area contributed by atoms with Gasteiger partial charge in [-0.3, -0.25) is 4.79 Å². The van der Waals surface area contributed by atoms with Crippen LogP contribution in [0.5, 0.6) is 5.75 Å². The van der Waals surface area contributed by atoms with Crippen LogP contribution in [0, 0.1) is 17.2 Å². The second-order valence-corrected chi connectivity index (χ2v) is 9.61. The van der Waals surface area contributed by atoms with Gasteiger partial charge in [-0.1, -0.05) is 55.4 Å². The molecule has 0 aliphatic carbocycles. The number of nitrogens with zero attached hydrogens (tertiary/aromatic N) is 4. The van der Waals surface area contributed by atoms with Crippen molar-refractivity contribution in [1.82, 2.24) is 14.8 Å². The van der Waals surface area contributed by atoms with Crippen LogP contribution in [0.1, 0.15) is 38.6 Å². The van der Waals surface area contributed by atoms with E-state index in [-0.39, 0.29) is 5.91 Å². The highest BCUT2D eigenvalue weighted by Gasteiger charge is 2.21. The monoisotopic (exact) mass is 483 g/mol. The second-order valence-electron chi connectivity index (χ2n) is 7.89. The Kier molecular flexibility index (Phi) is 8.75. The van der Waals surface area contributed by atoms with Gasteiger partial charge in [0.2, 0.25) is 5.91 Å². The summed E-state index contributed by atoms with van der Waals surface area (Å²) in [4.78, 5) is 12.8. The summed E-state index contributed by atoms with van der Waals surface area (Å²) < 4.78 is 7.89. The van der Waals surface area contributed by atoms with Crippen LogP contribution in [-0.4, -0.2) is 25.9 Å². The molecule has 7 nitrogen and oxygen atoms in total. The Morgan fingerprint density at radius 1 is 1.21 bits per heavy atom. The van der Waals surface area contributed by atoms with Crippen molar-refractivity contribution in [2.45, 2.75) is 50.8 Å². The predicted octanol–water partition coefficient (Wildman–Crippen LogP) is 5.55. The lowest BCUT2D eigenvalue weighted by atomic mass is 10.1. The number of aromatic nitrogens is 3. The summed E-state index contributed by atoms with van der Waals surface area (Å²) in [6.07, 6.45) is 0.953. The van der Waals surface area contributed by atoms with Crippen molar-refractivity contribution in [3.8, 4) is 11.8 Å². The molecule has 1 unspecified atom stereocenters. The van der Waals surface area contributed by atoms with Gasteiger partial charge in [-0.05, 0) is 49.6 Å². The normalized spacial score (nSPS) is 11.8. The van der Waals surface area contributed by atoms with Crippen molar-refractivity contribution in [2.75, 3.05) is 5.32 Å². The second kappa shape index (κ2) is 11.7. The van der Waals surface area contributed by atoms with E-state index < -0.39 is 5.25 Å². The molecule has 1 amide bonds. The van der Waals surface area contributed by atoms with Crippen LogP contribution in [0.2, 0.25) is 5.02 Å². The number of amides is 1. The molecule has 172 valence electrons. The molecule has 0 spiro atoms. The molecule has 0 aliphatic rings. The van der Waals surface area contributed by atoms with E-state index in [1.54, 1.807) is 18.2 Å². The molecule has 1 heterocycles. The van der Waals surface area contributed by atoms with Gasteiger partial charge in [-0.15, -0.1) is 10.2 Å². The Balaban J connectivity index is 1.70. The van der Waals surface area contributed by atoms with Gasteiger partial charge < -0.3 is 14.6 Å². The summed E-state index contributed by atoms with van der Waals surface area (Å²) in [5.41, 5.74) is 0.898. The van der Waals surface area contributed by atoms with Crippen LogP contribution in [0.3, 0.4) is 0 Å². The molecule has 3 rings (SSSR count). The Morgan fingerprint density at radius 3 is 2.64 bits per heavy atom. The molecule has 0 fully saturated rings. The van der Waals surface area contributed by atoms with E-state index >= 15 is 0 Å². The third-order valence-electron chi connectivity index (χ3n) is 4.84. The number of anilines is 1. The van der Waals surface area contributed by atoms with Gasteiger partial charge in [0.15, 0.2) is 11.0 Å². The average Bonchev–Trinajstić information content (AvgIpc) is 3.18. The number of benzene rings is 2. The first kappa shape index (κ1) is 24.6. The molecule has 1 N–H and O–H groups in total. The van der Waals surface area contributed by atoms with Gasteiger partial charge >= 0.3 is 0 Å². The molecule has 0 saturated heterocycles. The lowest BCUT2D eigenvalue weighted by Crippen LogP contribution is -2.23. The molecular weight excluding hydrogens is 458 g/mol. The van der Waals surface area contributed by atoms with Crippen molar-refractivity contribution in [2.24, 2.45) is 5.92 Å². The first-order valence-corrected chi connectivity index (χ1v) is 11.9. The average molecular weight is 484 g/mol. The number of nitrogens with one attached hydrogen (secondary N) is 1. The summed E-state index contributed by atoms with van der Waals surface area (Å²) in [5, 5.41) is 21.0. The van der Waals surface area contributed by atoms with E-state index in [4.69, 9.17) is 21.6 Å². The van der Waals surface area contributed by atoms with Crippen molar-refractivity contribution < 1.29 is 9.53 Å². The predicted molar refractivity (Wildman–Crippen MR) is 130 cm³/mol. The summed E-state index contributed by atoms with van der Waals surface area (Å²) in [5.74, 6) is 1.80. The van der Waals surface area contributed by atoms with Gasteiger partial charge in [0, 0.05) is 12.2 Å². The first-order valence-electron chi connectivity index (χ1n) is 10.6. The van der Waals surface area contributed by atoms with Crippen LogP contribution in [-0.2, 0) is 17.9 Å². The molecule has 0 aliphatic heterocycles. The molecule has 1 aromatic heterocycles. The number of para-hydroxylation sites is 1. The van der Waals surface area contributed by atoms with Crippen molar-refractivity contribution in [3.63, 3.8) is 0 Å². The van der Waals surface area contributed by atoms with E-state index in [2.05, 4.69) is 29.4 Å². The zero-order chi connectivity index (χ0) is 23.8. The third kappa shape index (κ3) is 6.98. The van der Waals surface area contributed by atoms with Gasteiger partial charge in [0.1, 0.15) is 18.4 Å². The highest BCUT2D eigenvalue weighted by atomic mass is 35.5. The zero-order valence-corrected chi connectivity index (χ0v) is 20.4. The Labute approximate surface area is 203 Å². The molecule has 0 radical (unpaired) electrons. The summed E-state index contributed by atoms with van der Waals surface area (Å²) in [6.45, 7) is 7.17. The van der Waals surface area contributed by atoms with Crippen molar-refractivity contribution >= 4 is 35.0 Å². The van der Waals surface area contributed by atoms with Gasteiger partial charge in [0.05, 0.1) is 15.8 Å². The Morgan fingerprint density at radius 2 is 1.97 bits per heavy atom. The molecule has 1 atom stereocenters. The maximum atomic E-state index is 12.8. The van der Waals surface area contributed by atoms with E-state index in [9.17, 15) is 4.79 Å². The van der Waals surface area contributed by atoms with Crippen LogP contribution in [0.15, 0.2) is 53.7 Å².